The third-order valence-electron chi connectivity index (χ3n) is 5.06. The fourth-order valence-electron chi connectivity index (χ4n) is 3.79. The van der Waals surface area contributed by atoms with Gasteiger partial charge in [-0.25, -0.2) is 4.39 Å². The summed E-state index contributed by atoms with van der Waals surface area (Å²) in [4.78, 5) is 2.40. The summed E-state index contributed by atoms with van der Waals surface area (Å²) in [6, 6.07) is 20.0. The molecule has 128 valence electrons. The first kappa shape index (κ1) is 16.1. The quantitative estimate of drug-likeness (QED) is 0.659. The van der Waals surface area contributed by atoms with E-state index in [9.17, 15) is 4.39 Å². The van der Waals surface area contributed by atoms with Crippen molar-refractivity contribution in [1.29, 1.82) is 0 Å². The van der Waals surface area contributed by atoms with Crippen LogP contribution in [0.3, 0.4) is 0 Å². The van der Waals surface area contributed by atoms with E-state index in [-0.39, 0.29) is 11.9 Å². The van der Waals surface area contributed by atoms with Gasteiger partial charge in [0.05, 0.1) is 6.04 Å². The number of aromatic nitrogens is 1. The lowest BCUT2D eigenvalue weighted by Crippen LogP contribution is -2.30. The molecule has 2 heterocycles. The molecule has 0 bridgehead atoms. The fraction of sp³-hybridized carbons (Fsp3) is 0.273. The Morgan fingerprint density at radius 2 is 1.76 bits per heavy atom. The number of hydrogen-bond acceptors (Lipinski definition) is 1. The van der Waals surface area contributed by atoms with Crippen LogP contribution in [0.1, 0.15) is 34.8 Å². The topological polar surface area (TPSA) is 8.17 Å². The molecule has 3 aromatic rings. The Morgan fingerprint density at radius 3 is 2.56 bits per heavy atom. The van der Waals surface area contributed by atoms with Crippen LogP contribution in [0.25, 0.3) is 0 Å². The van der Waals surface area contributed by atoms with Crippen molar-refractivity contribution in [3.8, 4) is 0 Å². The molecule has 0 saturated heterocycles. The van der Waals surface area contributed by atoms with E-state index in [0.29, 0.717) is 0 Å². The van der Waals surface area contributed by atoms with E-state index in [1.165, 1.54) is 16.8 Å². The van der Waals surface area contributed by atoms with E-state index in [1.807, 2.05) is 12.1 Å². The minimum Gasteiger partial charge on any atom is -0.350 e. The first-order chi connectivity index (χ1) is 12.2. The van der Waals surface area contributed by atoms with Crippen molar-refractivity contribution in [1.82, 2.24) is 9.47 Å². The van der Waals surface area contributed by atoms with Crippen LogP contribution in [0.4, 0.5) is 4.39 Å². The van der Waals surface area contributed by atoms with Crippen molar-refractivity contribution in [2.75, 3.05) is 6.54 Å². The van der Waals surface area contributed by atoms with Crippen LogP contribution in [0.2, 0.25) is 0 Å². The van der Waals surface area contributed by atoms with E-state index in [0.717, 1.165) is 31.6 Å². The van der Waals surface area contributed by atoms with Crippen LogP contribution in [-0.4, -0.2) is 16.0 Å². The predicted octanol–water partition coefficient (Wildman–Crippen LogP) is 4.93. The van der Waals surface area contributed by atoms with Gasteiger partial charge in [0.25, 0.3) is 0 Å². The van der Waals surface area contributed by atoms with Crippen LogP contribution in [0.5, 0.6) is 0 Å². The number of hydrogen-bond donors (Lipinski definition) is 0. The minimum atomic E-state index is -0.129. The van der Waals surface area contributed by atoms with Crippen molar-refractivity contribution in [2.24, 2.45) is 0 Å². The minimum absolute atomic E-state index is 0.0556. The molecule has 0 spiro atoms. The Bertz CT molecular complexity index is 850. The Morgan fingerprint density at radius 1 is 0.960 bits per heavy atom. The summed E-state index contributed by atoms with van der Waals surface area (Å²) in [6.45, 7) is 4.86. The molecule has 0 saturated carbocycles. The smallest absolute Gasteiger partial charge is 0.128 e. The SMILES string of the molecule is Cc1ccc(CN2CCCn3cccc3C2c2ccccc2F)cc1. The fourth-order valence-corrected chi connectivity index (χ4v) is 3.79. The van der Waals surface area contributed by atoms with Crippen molar-refractivity contribution in [3.05, 3.63) is 95.1 Å². The van der Waals surface area contributed by atoms with Crippen LogP contribution in [0.15, 0.2) is 66.9 Å². The van der Waals surface area contributed by atoms with Gasteiger partial charge in [0, 0.05) is 37.1 Å². The molecule has 0 amide bonds. The van der Waals surface area contributed by atoms with E-state index >= 15 is 0 Å². The molecule has 1 aliphatic heterocycles. The second-order valence-corrected chi connectivity index (χ2v) is 6.86. The van der Waals surface area contributed by atoms with Gasteiger partial charge in [-0.15, -0.1) is 0 Å². The summed E-state index contributed by atoms with van der Waals surface area (Å²) in [5.74, 6) is -0.129. The van der Waals surface area contributed by atoms with Gasteiger partial charge < -0.3 is 4.57 Å². The van der Waals surface area contributed by atoms with Crippen molar-refractivity contribution < 1.29 is 4.39 Å². The van der Waals surface area contributed by atoms with Crippen LogP contribution < -0.4 is 0 Å². The molecule has 4 rings (SSSR count). The maximum absolute atomic E-state index is 14.6. The highest BCUT2D eigenvalue weighted by molar-refractivity contribution is 5.31. The van der Waals surface area contributed by atoms with Crippen molar-refractivity contribution in [2.45, 2.75) is 32.5 Å². The Hall–Kier alpha value is -2.39. The van der Waals surface area contributed by atoms with E-state index in [4.69, 9.17) is 0 Å². The summed E-state index contributed by atoms with van der Waals surface area (Å²) < 4.78 is 16.9. The molecule has 1 aliphatic rings. The van der Waals surface area contributed by atoms with E-state index in [2.05, 4.69) is 59.0 Å². The van der Waals surface area contributed by atoms with Gasteiger partial charge in [-0.05, 0) is 37.1 Å². The molecule has 1 aromatic heterocycles. The van der Waals surface area contributed by atoms with Gasteiger partial charge in [0.15, 0.2) is 0 Å². The molecule has 2 aromatic carbocycles. The lowest BCUT2D eigenvalue weighted by Gasteiger charge is -2.31. The Balaban J connectivity index is 1.75. The molecule has 3 heteroatoms. The molecule has 1 unspecified atom stereocenters. The molecule has 1 atom stereocenters. The largest absolute Gasteiger partial charge is 0.350 e. The standard InChI is InChI=1S/C22H23FN2/c1-17-9-11-18(12-10-17)16-25-15-5-14-24-13-4-8-21(24)22(25)19-6-2-3-7-20(19)23/h2-4,6-13,22H,5,14-16H2,1H3. The number of nitrogens with zero attached hydrogens (tertiary/aromatic N) is 2. The molecule has 2 nitrogen and oxygen atoms in total. The third-order valence-corrected chi connectivity index (χ3v) is 5.06. The lowest BCUT2D eigenvalue weighted by atomic mass is 10.0. The van der Waals surface area contributed by atoms with Gasteiger partial charge in [0.2, 0.25) is 0 Å². The summed E-state index contributed by atoms with van der Waals surface area (Å²) in [5.41, 5.74) is 4.47. The summed E-state index contributed by atoms with van der Waals surface area (Å²) in [5, 5.41) is 0. The van der Waals surface area contributed by atoms with Gasteiger partial charge >= 0.3 is 0 Å². The predicted molar refractivity (Wildman–Crippen MR) is 98.9 cm³/mol. The molecule has 0 radical (unpaired) electrons. The maximum Gasteiger partial charge on any atom is 0.128 e. The normalized spacial score (nSPS) is 17.9. The van der Waals surface area contributed by atoms with Crippen LogP contribution in [0, 0.1) is 12.7 Å². The molecule has 0 N–H and O–H groups in total. The van der Waals surface area contributed by atoms with E-state index < -0.39 is 0 Å². The van der Waals surface area contributed by atoms with Crippen molar-refractivity contribution >= 4 is 0 Å². The third kappa shape index (κ3) is 3.24. The van der Waals surface area contributed by atoms with Gasteiger partial charge in [-0.1, -0.05) is 48.0 Å². The molecule has 0 aliphatic carbocycles. The maximum atomic E-state index is 14.6. The second-order valence-electron chi connectivity index (χ2n) is 6.86. The summed E-state index contributed by atoms with van der Waals surface area (Å²) in [6.07, 6.45) is 3.18. The highest BCUT2D eigenvalue weighted by Gasteiger charge is 2.29. The van der Waals surface area contributed by atoms with Crippen LogP contribution in [-0.2, 0) is 13.1 Å². The summed E-state index contributed by atoms with van der Waals surface area (Å²) in [7, 11) is 0. The van der Waals surface area contributed by atoms with Gasteiger partial charge in [-0.3, -0.25) is 4.90 Å². The average Bonchev–Trinajstić information content (AvgIpc) is 3.00. The molecule has 0 fully saturated rings. The van der Waals surface area contributed by atoms with E-state index in [1.54, 1.807) is 12.1 Å². The molecule has 25 heavy (non-hydrogen) atoms. The zero-order chi connectivity index (χ0) is 17.2. The van der Waals surface area contributed by atoms with Crippen LogP contribution >= 0.6 is 0 Å². The number of aryl methyl sites for hydroxylation is 2. The summed E-state index contributed by atoms with van der Waals surface area (Å²) >= 11 is 0. The number of rotatable bonds is 3. The Kier molecular flexibility index (Phi) is 4.41. The second kappa shape index (κ2) is 6.85. The number of halogens is 1. The zero-order valence-corrected chi connectivity index (χ0v) is 14.5. The highest BCUT2D eigenvalue weighted by atomic mass is 19.1. The first-order valence-corrected chi connectivity index (χ1v) is 8.91. The molecular formula is C22H23FN2. The zero-order valence-electron chi connectivity index (χ0n) is 14.5. The first-order valence-electron chi connectivity index (χ1n) is 8.91. The number of fused-ring (bicyclic) bond motifs is 1. The Labute approximate surface area is 148 Å². The van der Waals surface area contributed by atoms with Gasteiger partial charge in [-0.2, -0.15) is 0 Å². The monoisotopic (exact) mass is 334 g/mol. The molecular weight excluding hydrogens is 311 g/mol. The highest BCUT2D eigenvalue weighted by Crippen LogP contribution is 2.34. The number of benzene rings is 2. The lowest BCUT2D eigenvalue weighted by molar-refractivity contribution is 0.216. The average molecular weight is 334 g/mol. The van der Waals surface area contributed by atoms with Gasteiger partial charge in [0.1, 0.15) is 5.82 Å². The van der Waals surface area contributed by atoms with Crippen molar-refractivity contribution in [3.63, 3.8) is 0 Å².